The third-order valence-electron chi connectivity index (χ3n) is 3.50. The van der Waals surface area contributed by atoms with E-state index >= 15 is 0 Å². The first-order valence-electron chi connectivity index (χ1n) is 7.04. The Morgan fingerprint density at radius 3 is 3.06 bits per heavy atom. The Kier molecular flexibility index (Phi) is 4.99. The van der Waals surface area contributed by atoms with Crippen molar-refractivity contribution >= 4 is 11.3 Å². The second-order valence-corrected chi connectivity index (χ2v) is 6.08. The molecule has 1 heterocycles. The lowest BCUT2D eigenvalue weighted by molar-refractivity contribution is 0.508. The normalized spacial score (nSPS) is 19.3. The minimum absolute atomic E-state index is 0.672. The van der Waals surface area contributed by atoms with Gasteiger partial charge in [-0.15, -0.1) is 11.3 Å². The molecule has 0 radical (unpaired) electrons. The van der Waals surface area contributed by atoms with Crippen LogP contribution in [0.5, 0.6) is 0 Å². The molecule has 1 aliphatic rings. The van der Waals surface area contributed by atoms with E-state index in [4.69, 9.17) is 4.98 Å². The molecule has 0 spiro atoms. The zero-order valence-electron chi connectivity index (χ0n) is 11.1. The third kappa shape index (κ3) is 3.29. The van der Waals surface area contributed by atoms with E-state index in [-0.39, 0.29) is 0 Å². The lowest BCUT2D eigenvalue weighted by Gasteiger charge is -2.21. The summed E-state index contributed by atoms with van der Waals surface area (Å²) in [5.74, 6) is 0.672. The molecule has 1 N–H and O–H groups in total. The highest BCUT2D eigenvalue weighted by Gasteiger charge is 2.23. The van der Waals surface area contributed by atoms with Gasteiger partial charge < -0.3 is 5.32 Å². The summed E-state index contributed by atoms with van der Waals surface area (Å²) in [6.45, 7) is 6.61. The van der Waals surface area contributed by atoms with E-state index in [1.165, 1.54) is 49.2 Å². The summed E-state index contributed by atoms with van der Waals surface area (Å²) in [6.07, 6.45) is 7.66. The summed E-state index contributed by atoms with van der Waals surface area (Å²) in [6, 6.07) is 0. The fourth-order valence-corrected chi connectivity index (χ4v) is 3.75. The first-order chi connectivity index (χ1) is 8.35. The van der Waals surface area contributed by atoms with E-state index in [1.807, 2.05) is 11.3 Å². The van der Waals surface area contributed by atoms with Crippen LogP contribution >= 0.6 is 11.3 Å². The van der Waals surface area contributed by atoms with Crippen molar-refractivity contribution in [1.29, 1.82) is 0 Å². The highest BCUT2D eigenvalue weighted by molar-refractivity contribution is 7.11. The van der Waals surface area contributed by atoms with E-state index < -0.39 is 0 Å². The maximum Gasteiger partial charge on any atom is 0.0931 e. The molecule has 0 bridgehead atoms. The van der Waals surface area contributed by atoms with Gasteiger partial charge in [0.25, 0.3) is 0 Å². The lowest BCUT2D eigenvalue weighted by atomic mass is 9.91. The highest BCUT2D eigenvalue weighted by atomic mass is 32.1. The Morgan fingerprint density at radius 2 is 2.29 bits per heavy atom. The number of unbranched alkanes of at least 4 members (excludes halogenated alkanes) is 1. The van der Waals surface area contributed by atoms with Crippen molar-refractivity contribution in [3.05, 3.63) is 15.6 Å². The standard InChI is InChI=1S/C14H24N2S/c1-3-5-9-13-16-14-11(10-15-4-2)7-6-8-12(14)17-13/h11,15H,3-10H2,1-2H3. The topological polar surface area (TPSA) is 24.9 Å². The number of rotatable bonds is 6. The van der Waals surface area contributed by atoms with E-state index in [9.17, 15) is 0 Å². The average molecular weight is 252 g/mol. The molecule has 1 atom stereocenters. The second kappa shape index (κ2) is 6.50. The predicted octanol–water partition coefficient (Wildman–Crippen LogP) is 3.52. The van der Waals surface area contributed by atoms with Crippen LogP contribution in [0.1, 0.15) is 61.0 Å². The molecule has 1 aromatic rings. The Labute approximate surface area is 109 Å². The number of hydrogen-bond acceptors (Lipinski definition) is 3. The van der Waals surface area contributed by atoms with Gasteiger partial charge in [0.1, 0.15) is 0 Å². The van der Waals surface area contributed by atoms with Crippen molar-refractivity contribution in [1.82, 2.24) is 10.3 Å². The van der Waals surface area contributed by atoms with Gasteiger partial charge in [-0.2, -0.15) is 0 Å². The van der Waals surface area contributed by atoms with Crippen LogP contribution in [0.15, 0.2) is 0 Å². The van der Waals surface area contributed by atoms with Crippen LogP contribution in [0.4, 0.5) is 0 Å². The zero-order valence-corrected chi connectivity index (χ0v) is 11.9. The van der Waals surface area contributed by atoms with Gasteiger partial charge in [-0.1, -0.05) is 20.3 Å². The van der Waals surface area contributed by atoms with Crippen molar-refractivity contribution in [2.45, 2.75) is 58.3 Å². The molecule has 0 saturated carbocycles. The summed E-state index contributed by atoms with van der Waals surface area (Å²) in [5, 5.41) is 4.85. The Hall–Kier alpha value is -0.410. The monoisotopic (exact) mass is 252 g/mol. The molecule has 96 valence electrons. The maximum atomic E-state index is 4.90. The first kappa shape index (κ1) is 13.0. The zero-order chi connectivity index (χ0) is 12.1. The molecule has 2 rings (SSSR count). The Balaban J connectivity index is 2.05. The van der Waals surface area contributed by atoms with E-state index in [1.54, 1.807) is 4.88 Å². The van der Waals surface area contributed by atoms with Gasteiger partial charge >= 0.3 is 0 Å². The van der Waals surface area contributed by atoms with Crippen LogP contribution in [0, 0.1) is 0 Å². The molecule has 3 heteroatoms. The Bertz CT molecular complexity index is 346. The van der Waals surface area contributed by atoms with Crippen molar-refractivity contribution in [2.75, 3.05) is 13.1 Å². The lowest BCUT2D eigenvalue weighted by Crippen LogP contribution is -2.24. The van der Waals surface area contributed by atoms with Gasteiger partial charge in [0.05, 0.1) is 10.7 Å². The van der Waals surface area contributed by atoms with E-state index in [0.29, 0.717) is 5.92 Å². The molecule has 0 aromatic carbocycles. The fraction of sp³-hybridized carbons (Fsp3) is 0.786. The molecule has 17 heavy (non-hydrogen) atoms. The third-order valence-corrected chi connectivity index (χ3v) is 4.69. The molecule has 0 amide bonds. The molecule has 1 aliphatic carbocycles. The van der Waals surface area contributed by atoms with Gasteiger partial charge in [0.2, 0.25) is 0 Å². The minimum atomic E-state index is 0.672. The summed E-state index contributed by atoms with van der Waals surface area (Å²) >= 11 is 1.97. The Morgan fingerprint density at radius 1 is 1.41 bits per heavy atom. The van der Waals surface area contributed by atoms with Gasteiger partial charge in [0.15, 0.2) is 0 Å². The fourth-order valence-electron chi connectivity index (χ4n) is 2.51. The number of nitrogens with zero attached hydrogens (tertiary/aromatic N) is 1. The van der Waals surface area contributed by atoms with Crippen molar-refractivity contribution in [2.24, 2.45) is 0 Å². The number of aromatic nitrogens is 1. The summed E-state index contributed by atoms with van der Waals surface area (Å²) in [7, 11) is 0. The summed E-state index contributed by atoms with van der Waals surface area (Å²) in [5.41, 5.74) is 1.42. The number of nitrogens with one attached hydrogen (secondary N) is 1. The van der Waals surface area contributed by atoms with Gasteiger partial charge in [-0.05, 0) is 38.6 Å². The van der Waals surface area contributed by atoms with Crippen molar-refractivity contribution in [3.63, 3.8) is 0 Å². The molecule has 2 nitrogen and oxygen atoms in total. The number of thiazole rings is 1. The summed E-state index contributed by atoms with van der Waals surface area (Å²) < 4.78 is 0. The molecule has 1 aromatic heterocycles. The smallest absolute Gasteiger partial charge is 0.0931 e. The molecular weight excluding hydrogens is 228 g/mol. The molecule has 0 aliphatic heterocycles. The maximum absolute atomic E-state index is 4.90. The van der Waals surface area contributed by atoms with Gasteiger partial charge in [-0.25, -0.2) is 4.98 Å². The number of hydrogen-bond donors (Lipinski definition) is 1. The first-order valence-corrected chi connectivity index (χ1v) is 7.86. The van der Waals surface area contributed by atoms with Crippen molar-refractivity contribution < 1.29 is 0 Å². The molecule has 1 unspecified atom stereocenters. The van der Waals surface area contributed by atoms with Crippen LogP contribution in [0.25, 0.3) is 0 Å². The van der Waals surface area contributed by atoms with Crippen molar-refractivity contribution in [3.8, 4) is 0 Å². The predicted molar refractivity (Wildman–Crippen MR) is 74.9 cm³/mol. The number of aryl methyl sites for hydroxylation is 2. The van der Waals surface area contributed by atoms with E-state index in [0.717, 1.165) is 13.1 Å². The van der Waals surface area contributed by atoms with Crippen LogP contribution in [0.3, 0.4) is 0 Å². The number of likely N-dealkylation sites (N-methyl/N-ethyl adjacent to an activating group) is 1. The van der Waals surface area contributed by atoms with Crippen LogP contribution in [-0.4, -0.2) is 18.1 Å². The van der Waals surface area contributed by atoms with Crippen LogP contribution in [0.2, 0.25) is 0 Å². The van der Waals surface area contributed by atoms with Crippen LogP contribution < -0.4 is 5.32 Å². The summed E-state index contributed by atoms with van der Waals surface area (Å²) in [4.78, 5) is 6.48. The van der Waals surface area contributed by atoms with Gasteiger partial charge in [0, 0.05) is 17.3 Å². The quantitative estimate of drug-likeness (QED) is 0.838. The van der Waals surface area contributed by atoms with E-state index in [2.05, 4.69) is 19.2 Å². The molecular formula is C14H24N2S. The average Bonchev–Trinajstić information content (AvgIpc) is 2.77. The second-order valence-electron chi connectivity index (χ2n) is 4.92. The molecule has 0 saturated heterocycles. The molecule has 0 fully saturated rings. The number of fused-ring (bicyclic) bond motifs is 1. The van der Waals surface area contributed by atoms with Gasteiger partial charge in [-0.3, -0.25) is 0 Å². The largest absolute Gasteiger partial charge is 0.316 e. The highest BCUT2D eigenvalue weighted by Crippen LogP contribution is 2.34. The minimum Gasteiger partial charge on any atom is -0.316 e. The van der Waals surface area contributed by atoms with Crippen LogP contribution in [-0.2, 0) is 12.8 Å². The SMILES string of the molecule is CCCCc1nc2c(s1)CCCC2CNCC.